The van der Waals surface area contributed by atoms with E-state index >= 15 is 0 Å². The lowest BCUT2D eigenvalue weighted by atomic mass is 10.2. The molecule has 118 valence electrons. The van der Waals surface area contributed by atoms with Gasteiger partial charge in [-0.15, -0.1) is 0 Å². The SMILES string of the molecule is O=C(Nc1ccnc(NC(=O)C2CC2)c1)c1c(Cl)cccc1Br. The third-order valence-electron chi connectivity index (χ3n) is 3.41. The third-order valence-corrected chi connectivity index (χ3v) is 4.38. The number of amides is 2. The number of aromatic nitrogens is 1. The van der Waals surface area contributed by atoms with Crippen LogP contribution in [0.2, 0.25) is 5.02 Å². The molecule has 1 fully saturated rings. The molecule has 23 heavy (non-hydrogen) atoms. The Bertz CT molecular complexity index is 757. The molecule has 3 rings (SSSR count). The number of rotatable bonds is 4. The molecule has 0 saturated heterocycles. The molecule has 0 atom stereocenters. The normalized spacial score (nSPS) is 13.5. The first-order chi connectivity index (χ1) is 11.0. The lowest BCUT2D eigenvalue weighted by Gasteiger charge is -2.10. The van der Waals surface area contributed by atoms with Crippen LogP contribution in [0.3, 0.4) is 0 Å². The van der Waals surface area contributed by atoms with Crippen LogP contribution < -0.4 is 10.6 Å². The summed E-state index contributed by atoms with van der Waals surface area (Å²) in [7, 11) is 0. The second-order valence-corrected chi connectivity index (χ2v) is 6.51. The summed E-state index contributed by atoms with van der Waals surface area (Å²) in [6, 6.07) is 8.41. The molecule has 1 aromatic heterocycles. The van der Waals surface area contributed by atoms with Gasteiger partial charge in [-0.3, -0.25) is 9.59 Å². The summed E-state index contributed by atoms with van der Waals surface area (Å²) >= 11 is 9.39. The molecule has 0 radical (unpaired) electrons. The Labute approximate surface area is 146 Å². The Morgan fingerprint density at radius 3 is 2.70 bits per heavy atom. The second-order valence-electron chi connectivity index (χ2n) is 5.24. The van der Waals surface area contributed by atoms with Gasteiger partial charge >= 0.3 is 0 Å². The van der Waals surface area contributed by atoms with Crippen LogP contribution in [-0.2, 0) is 4.79 Å². The van der Waals surface area contributed by atoms with E-state index in [1.807, 2.05) is 0 Å². The van der Waals surface area contributed by atoms with Crippen molar-refractivity contribution in [2.24, 2.45) is 5.92 Å². The van der Waals surface area contributed by atoms with Gasteiger partial charge in [0.1, 0.15) is 5.82 Å². The minimum absolute atomic E-state index is 0.0326. The first-order valence-electron chi connectivity index (χ1n) is 7.07. The number of carbonyl (C=O) groups excluding carboxylic acids is 2. The largest absolute Gasteiger partial charge is 0.322 e. The number of halogens is 2. The van der Waals surface area contributed by atoms with Crippen LogP contribution in [0.4, 0.5) is 11.5 Å². The highest BCUT2D eigenvalue weighted by Gasteiger charge is 2.29. The van der Waals surface area contributed by atoms with Crippen molar-refractivity contribution in [3.63, 3.8) is 0 Å². The molecule has 1 aliphatic rings. The fourth-order valence-electron chi connectivity index (χ4n) is 2.06. The summed E-state index contributed by atoms with van der Waals surface area (Å²) in [6.07, 6.45) is 3.37. The lowest BCUT2D eigenvalue weighted by Crippen LogP contribution is -2.16. The van der Waals surface area contributed by atoms with Crippen molar-refractivity contribution < 1.29 is 9.59 Å². The standard InChI is InChI=1S/C16H13BrClN3O2/c17-11-2-1-3-12(18)14(11)16(23)20-10-6-7-19-13(8-10)21-15(22)9-4-5-9/h1-3,6-9H,4-5H2,(H2,19,20,21,22,23). The zero-order valence-electron chi connectivity index (χ0n) is 12.0. The zero-order valence-corrected chi connectivity index (χ0v) is 14.3. The highest BCUT2D eigenvalue weighted by Crippen LogP contribution is 2.30. The van der Waals surface area contributed by atoms with E-state index in [0.717, 1.165) is 12.8 Å². The van der Waals surface area contributed by atoms with Crippen molar-refractivity contribution >= 4 is 50.9 Å². The molecule has 0 bridgehead atoms. The van der Waals surface area contributed by atoms with Crippen LogP contribution in [0.15, 0.2) is 41.0 Å². The van der Waals surface area contributed by atoms with E-state index < -0.39 is 0 Å². The molecule has 0 spiro atoms. The molecule has 2 amide bonds. The Morgan fingerprint density at radius 2 is 2.00 bits per heavy atom. The lowest BCUT2D eigenvalue weighted by molar-refractivity contribution is -0.117. The fourth-order valence-corrected chi connectivity index (χ4v) is 2.98. The van der Waals surface area contributed by atoms with Gasteiger partial charge in [0, 0.05) is 28.3 Å². The van der Waals surface area contributed by atoms with Crippen LogP contribution >= 0.6 is 27.5 Å². The van der Waals surface area contributed by atoms with Gasteiger partial charge in [-0.1, -0.05) is 17.7 Å². The second kappa shape index (κ2) is 6.68. The molecule has 0 aliphatic heterocycles. The Morgan fingerprint density at radius 1 is 1.22 bits per heavy atom. The van der Waals surface area contributed by atoms with E-state index in [1.54, 1.807) is 30.3 Å². The number of nitrogens with zero attached hydrogens (tertiary/aromatic N) is 1. The smallest absolute Gasteiger partial charge is 0.258 e. The van der Waals surface area contributed by atoms with Gasteiger partial charge in [-0.05, 0) is 47.0 Å². The van der Waals surface area contributed by atoms with Crippen LogP contribution in [-0.4, -0.2) is 16.8 Å². The number of benzene rings is 1. The van der Waals surface area contributed by atoms with Crippen molar-refractivity contribution in [1.82, 2.24) is 4.98 Å². The number of carbonyl (C=O) groups is 2. The average molecular weight is 395 g/mol. The molecular formula is C16H13BrClN3O2. The predicted octanol–water partition coefficient (Wildman–Crippen LogP) is 4.10. The summed E-state index contributed by atoms with van der Waals surface area (Å²) in [5.74, 6) is 0.134. The van der Waals surface area contributed by atoms with Crippen LogP contribution in [0.1, 0.15) is 23.2 Å². The highest BCUT2D eigenvalue weighted by atomic mass is 79.9. The van der Waals surface area contributed by atoms with Crippen molar-refractivity contribution in [2.75, 3.05) is 10.6 Å². The Kier molecular flexibility index (Phi) is 4.63. The summed E-state index contributed by atoms with van der Waals surface area (Å²) in [6.45, 7) is 0. The number of pyridine rings is 1. The molecule has 7 heteroatoms. The van der Waals surface area contributed by atoms with Crippen LogP contribution in [0.25, 0.3) is 0 Å². The topological polar surface area (TPSA) is 71.1 Å². The predicted molar refractivity (Wildman–Crippen MR) is 92.7 cm³/mol. The zero-order chi connectivity index (χ0) is 16.4. The summed E-state index contributed by atoms with van der Waals surface area (Å²) in [5.41, 5.74) is 0.887. The first kappa shape index (κ1) is 16.0. The van der Waals surface area contributed by atoms with E-state index in [4.69, 9.17) is 11.6 Å². The number of anilines is 2. The van der Waals surface area contributed by atoms with E-state index in [1.165, 1.54) is 6.20 Å². The fraction of sp³-hybridized carbons (Fsp3) is 0.188. The minimum Gasteiger partial charge on any atom is -0.322 e. The van der Waals surface area contributed by atoms with Crippen LogP contribution in [0, 0.1) is 5.92 Å². The maximum atomic E-state index is 12.4. The number of nitrogens with one attached hydrogen (secondary N) is 2. The van der Waals surface area contributed by atoms with Gasteiger partial charge in [0.05, 0.1) is 10.6 Å². The Balaban J connectivity index is 1.74. The van der Waals surface area contributed by atoms with Crippen molar-refractivity contribution in [3.8, 4) is 0 Å². The first-order valence-corrected chi connectivity index (χ1v) is 8.24. The summed E-state index contributed by atoms with van der Waals surface area (Å²) in [5, 5.41) is 5.85. The third kappa shape index (κ3) is 3.89. The summed E-state index contributed by atoms with van der Waals surface area (Å²) in [4.78, 5) is 28.2. The van der Waals surface area contributed by atoms with Gasteiger partial charge in [-0.25, -0.2) is 4.98 Å². The van der Waals surface area contributed by atoms with Gasteiger partial charge in [0.25, 0.3) is 5.91 Å². The molecule has 1 aromatic carbocycles. The minimum atomic E-state index is -0.340. The Hall–Kier alpha value is -1.92. The van der Waals surface area contributed by atoms with Crippen LogP contribution in [0.5, 0.6) is 0 Å². The quantitative estimate of drug-likeness (QED) is 0.820. The molecule has 1 heterocycles. The number of hydrogen-bond acceptors (Lipinski definition) is 3. The molecule has 0 unspecified atom stereocenters. The molecule has 2 aromatic rings. The molecule has 2 N–H and O–H groups in total. The van der Waals surface area contributed by atoms with E-state index in [9.17, 15) is 9.59 Å². The molecular weight excluding hydrogens is 382 g/mol. The highest BCUT2D eigenvalue weighted by molar-refractivity contribution is 9.10. The van der Waals surface area contributed by atoms with Gasteiger partial charge in [-0.2, -0.15) is 0 Å². The maximum absolute atomic E-state index is 12.4. The molecule has 5 nitrogen and oxygen atoms in total. The van der Waals surface area contributed by atoms with Crippen molar-refractivity contribution in [2.45, 2.75) is 12.8 Å². The van der Waals surface area contributed by atoms with Gasteiger partial charge < -0.3 is 10.6 Å². The monoisotopic (exact) mass is 393 g/mol. The average Bonchev–Trinajstić information content (AvgIpc) is 3.32. The van der Waals surface area contributed by atoms with Crippen molar-refractivity contribution in [3.05, 3.63) is 51.6 Å². The van der Waals surface area contributed by atoms with E-state index in [0.29, 0.717) is 26.6 Å². The number of hydrogen-bond donors (Lipinski definition) is 2. The summed E-state index contributed by atoms with van der Waals surface area (Å²) < 4.78 is 0.610. The van der Waals surface area contributed by atoms with Crippen molar-refractivity contribution in [1.29, 1.82) is 0 Å². The van der Waals surface area contributed by atoms with Gasteiger partial charge in [0.15, 0.2) is 0 Å². The van der Waals surface area contributed by atoms with E-state index in [2.05, 4.69) is 31.5 Å². The molecule has 1 saturated carbocycles. The molecule has 1 aliphatic carbocycles. The van der Waals surface area contributed by atoms with E-state index in [-0.39, 0.29) is 17.7 Å². The van der Waals surface area contributed by atoms with Gasteiger partial charge in [0.2, 0.25) is 5.91 Å². The maximum Gasteiger partial charge on any atom is 0.258 e.